The van der Waals surface area contributed by atoms with E-state index in [4.69, 9.17) is 0 Å². The maximum absolute atomic E-state index is 12.2. The first kappa shape index (κ1) is 21.5. The van der Waals surface area contributed by atoms with Crippen LogP contribution in [0.5, 0.6) is 0 Å². The summed E-state index contributed by atoms with van der Waals surface area (Å²) in [6.45, 7) is 7.00. The van der Waals surface area contributed by atoms with E-state index in [0.29, 0.717) is 12.3 Å². The van der Waals surface area contributed by atoms with Gasteiger partial charge >= 0.3 is 0 Å². The van der Waals surface area contributed by atoms with Gasteiger partial charge in [0.25, 0.3) is 0 Å². The summed E-state index contributed by atoms with van der Waals surface area (Å²) < 4.78 is 1.95. The molecular formula is C22H26N4OS2. The Morgan fingerprint density at radius 1 is 1.10 bits per heavy atom. The lowest BCUT2D eigenvalue weighted by molar-refractivity contribution is -0.118. The summed E-state index contributed by atoms with van der Waals surface area (Å²) in [5.74, 6) is 1.18. The normalized spacial score (nSPS) is 10.9. The number of aryl methyl sites for hydroxylation is 3. The van der Waals surface area contributed by atoms with E-state index in [-0.39, 0.29) is 5.91 Å². The molecule has 1 heterocycles. The molecule has 1 amide bonds. The second-order valence-corrected chi connectivity index (χ2v) is 8.81. The summed E-state index contributed by atoms with van der Waals surface area (Å²) in [5.41, 5.74) is 4.88. The third-order valence-electron chi connectivity index (χ3n) is 4.65. The predicted octanol–water partition coefficient (Wildman–Crippen LogP) is 4.45. The summed E-state index contributed by atoms with van der Waals surface area (Å²) in [6.07, 6.45) is 2.63. The SMILES string of the molecule is CCc1ccccc1-n1cnnc1SCC(=O)NCCSc1ccc(C)c(C)c1. The molecule has 0 aliphatic heterocycles. The van der Waals surface area contributed by atoms with Gasteiger partial charge in [-0.15, -0.1) is 22.0 Å². The van der Waals surface area contributed by atoms with Crippen LogP contribution in [0.4, 0.5) is 0 Å². The Bertz CT molecular complexity index is 971. The molecule has 7 heteroatoms. The maximum atomic E-state index is 12.2. The molecule has 3 aromatic rings. The van der Waals surface area contributed by atoms with Gasteiger partial charge in [0.2, 0.25) is 5.91 Å². The monoisotopic (exact) mass is 426 g/mol. The van der Waals surface area contributed by atoms with E-state index in [2.05, 4.69) is 66.6 Å². The lowest BCUT2D eigenvalue weighted by Crippen LogP contribution is -2.27. The molecule has 1 aromatic heterocycles. The standard InChI is InChI=1S/C22H26N4OS2/c1-4-18-7-5-6-8-20(18)26-15-24-25-22(26)29-14-21(27)23-11-12-28-19-10-9-16(2)17(3)13-19/h5-10,13,15H,4,11-12,14H2,1-3H3,(H,23,27). The zero-order valence-electron chi connectivity index (χ0n) is 17.0. The molecule has 152 valence electrons. The molecule has 0 saturated heterocycles. The number of hydrogen-bond acceptors (Lipinski definition) is 5. The fourth-order valence-corrected chi connectivity index (χ4v) is 4.49. The maximum Gasteiger partial charge on any atom is 0.230 e. The number of amides is 1. The van der Waals surface area contributed by atoms with Crippen LogP contribution in [0.15, 0.2) is 58.8 Å². The van der Waals surface area contributed by atoms with Crippen LogP contribution in [-0.2, 0) is 11.2 Å². The van der Waals surface area contributed by atoms with E-state index in [1.807, 2.05) is 16.7 Å². The van der Waals surface area contributed by atoms with Gasteiger partial charge in [0, 0.05) is 17.2 Å². The van der Waals surface area contributed by atoms with Crippen molar-refractivity contribution >= 4 is 29.4 Å². The van der Waals surface area contributed by atoms with Crippen molar-refractivity contribution in [2.24, 2.45) is 0 Å². The smallest absolute Gasteiger partial charge is 0.230 e. The Morgan fingerprint density at radius 3 is 2.72 bits per heavy atom. The quantitative estimate of drug-likeness (QED) is 0.405. The van der Waals surface area contributed by atoms with Crippen LogP contribution in [0, 0.1) is 13.8 Å². The summed E-state index contributed by atoms with van der Waals surface area (Å²) in [7, 11) is 0. The highest BCUT2D eigenvalue weighted by molar-refractivity contribution is 7.99. The van der Waals surface area contributed by atoms with Crippen LogP contribution < -0.4 is 5.32 Å². The van der Waals surface area contributed by atoms with Crippen LogP contribution in [0.1, 0.15) is 23.6 Å². The largest absolute Gasteiger partial charge is 0.355 e. The first-order chi connectivity index (χ1) is 14.1. The molecule has 0 aliphatic carbocycles. The highest BCUT2D eigenvalue weighted by Crippen LogP contribution is 2.23. The number of aromatic nitrogens is 3. The number of carbonyl (C=O) groups excluding carboxylic acids is 1. The average molecular weight is 427 g/mol. The Labute approximate surface area is 180 Å². The summed E-state index contributed by atoms with van der Waals surface area (Å²) in [4.78, 5) is 13.5. The zero-order valence-corrected chi connectivity index (χ0v) is 18.6. The van der Waals surface area contributed by atoms with E-state index < -0.39 is 0 Å². The minimum atomic E-state index is 0.00835. The highest BCUT2D eigenvalue weighted by atomic mass is 32.2. The Kier molecular flexibility index (Phi) is 7.77. The summed E-state index contributed by atoms with van der Waals surface area (Å²) >= 11 is 3.16. The van der Waals surface area contributed by atoms with E-state index in [0.717, 1.165) is 23.0 Å². The fourth-order valence-electron chi connectivity index (χ4n) is 2.88. The van der Waals surface area contributed by atoms with Crippen molar-refractivity contribution < 1.29 is 4.79 Å². The van der Waals surface area contributed by atoms with E-state index in [1.165, 1.54) is 33.3 Å². The lowest BCUT2D eigenvalue weighted by Gasteiger charge is -2.10. The molecule has 0 radical (unpaired) electrons. The van der Waals surface area contributed by atoms with Crippen molar-refractivity contribution in [2.45, 2.75) is 37.2 Å². The van der Waals surface area contributed by atoms with Crippen molar-refractivity contribution in [3.05, 3.63) is 65.5 Å². The third kappa shape index (κ3) is 5.87. The van der Waals surface area contributed by atoms with Crippen LogP contribution in [0.25, 0.3) is 5.69 Å². The van der Waals surface area contributed by atoms with E-state index >= 15 is 0 Å². The highest BCUT2D eigenvalue weighted by Gasteiger charge is 2.12. The molecule has 0 aliphatic rings. The van der Waals surface area contributed by atoms with Gasteiger partial charge in [0.1, 0.15) is 6.33 Å². The van der Waals surface area contributed by atoms with Crippen molar-refractivity contribution in [1.29, 1.82) is 0 Å². The number of para-hydroxylation sites is 1. The molecule has 0 unspecified atom stereocenters. The topological polar surface area (TPSA) is 59.8 Å². The van der Waals surface area contributed by atoms with Crippen molar-refractivity contribution in [2.75, 3.05) is 18.1 Å². The third-order valence-corrected chi connectivity index (χ3v) is 6.59. The number of rotatable bonds is 9. The molecule has 0 saturated carbocycles. The Hall–Kier alpha value is -2.25. The minimum absolute atomic E-state index is 0.00835. The summed E-state index contributed by atoms with van der Waals surface area (Å²) in [5, 5.41) is 11.9. The molecular weight excluding hydrogens is 400 g/mol. The van der Waals surface area contributed by atoms with Gasteiger partial charge in [-0.25, -0.2) is 0 Å². The second kappa shape index (κ2) is 10.5. The van der Waals surface area contributed by atoms with Crippen LogP contribution in [0.2, 0.25) is 0 Å². The molecule has 2 aromatic carbocycles. The van der Waals surface area contributed by atoms with Crippen LogP contribution in [0.3, 0.4) is 0 Å². The van der Waals surface area contributed by atoms with Crippen molar-refractivity contribution in [1.82, 2.24) is 20.1 Å². The fraction of sp³-hybridized carbons (Fsp3) is 0.318. The number of carbonyl (C=O) groups is 1. The number of nitrogens with one attached hydrogen (secondary N) is 1. The molecule has 0 fully saturated rings. The average Bonchev–Trinajstić information content (AvgIpc) is 3.20. The van der Waals surface area contributed by atoms with Gasteiger partial charge in [0.05, 0.1) is 11.4 Å². The molecule has 29 heavy (non-hydrogen) atoms. The van der Waals surface area contributed by atoms with Crippen molar-refractivity contribution in [3.63, 3.8) is 0 Å². The molecule has 0 spiro atoms. The van der Waals surface area contributed by atoms with Crippen molar-refractivity contribution in [3.8, 4) is 5.69 Å². The van der Waals surface area contributed by atoms with E-state index in [9.17, 15) is 4.79 Å². The van der Waals surface area contributed by atoms with Gasteiger partial charge < -0.3 is 5.32 Å². The Balaban J connectivity index is 1.47. The molecule has 1 N–H and O–H groups in total. The number of benzene rings is 2. The first-order valence-electron chi connectivity index (χ1n) is 9.66. The number of hydrogen-bond donors (Lipinski definition) is 1. The molecule has 5 nitrogen and oxygen atoms in total. The van der Waals surface area contributed by atoms with Gasteiger partial charge in [-0.2, -0.15) is 0 Å². The minimum Gasteiger partial charge on any atom is -0.355 e. The molecule has 3 rings (SSSR count). The van der Waals surface area contributed by atoms with Crippen LogP contribution in [-0.4, -0.2) is 38.7 Å². The van der Waals surface area contributed by atoms with Gasteiger partial charge in [-0.1, -0.05) is 43.0 Å². The van der Waals surface area contributed by atoms with Gasteiger partial charge in [0.15, 0.2) is 5.16 Å². The summed E-state index contributed by atoms with van der Waals surface area (Å²) in [6, 6.07) is 14.6. The number of nitrogens with zero attached hydrogens (tertiary/aromatic N) is 3. The predicted molar refractivity (Wildman–Crippen MR) is 121 cm³/mol. The van der Waals surface area contributed by atoms with Gasteiger partial charge in [-0.05, 0) is 55.2 Å². The van der Waals surface area contributed by atoms with Crippen LogP contribution >= 0.6 is 23.5 Å². The Morgan fingerprint density at radius 2 is 1.93 bits per heavy atom. The zero-order chi connectivity index (χ0) is 20.6. The second-order valence-electron chi connectivity index (χ2n) is 6.70. The first-order valence-corrected chi connectivity index (χ1v) is 11.6. The molecule has 0 atom stereocenters. The van der Waals surface area contributed by atoms with E-state index in [1.54, 1.807) is 18.1 Å². The lowest BCUT2D eigenvalue weighted by atomic mass is 10.1. The molecule has 0 bridgehead atoms. The van der Waals surface area contributed by atoms with Gasteiger partial charge in [-0.3, -0.25) is 9.36 Å². The number of thioether (sulfide) groups is 2.